The van der Waals surface area contributed by atoms with E-state index < -0.39 is 0 Å². The highest BCUT2D eigenvalue weighted by molar-refractivity contribution is 4.92. The minimum absolute atomic E-state index is 0.858. The molecule has 0 radical (unpaired) electrons. The molecule has 1 aliphatic heterocycles. The van der Waals surface area contributed by atoms with Gasteiger partial charge in [-0.05, 0) is 25.9 Å². The first kappa shape index (κ1) is 10.6. The monoisotopic (exact) mass is 209 g/mol. The predicted molar refractivity (Wildman–Crippen MR) is 58.4 cm³/mol. The van der Waals surface area contributed by atoms with Gasteiger partial charge in [0.1, 0.15) is 0 Å². The Morgan fingerprint density at radius 1 is 1.40 bits per heavy atom. The van der Waals surface area contributed by atoms with Gasteiger partial charge in [-0.1, -0.05) is 5.21 Å². The van der Waals surface area contributed by atoms with Gasteiger partial charge in [0.25, 0.3) is 0 Å². The van der Waals surface area contributed by atoms with Crippen molar-refractivity contribution in [1.29, 1.82) is 0 Å². The topological polar surface area (TPSA) is 46.0 Å². The summed E-state index contributed by atoms with van der Waals surface area (Å²) in [5, 5.41) is 11.1. The quantitative estimate of drug-likeness (QED) is 0.693. The van der Waals surface area contributed by atoms with Crippen LogP contribution in [0, 0.1) is 0 Å². The zero-order valence-corrected chi connectivity index (χ0v) is 9.32. The molecule has 0 spiro atoms. The molecule has 15 heavy (non-hydrogen) atoms. The number of nitrogens with zero attached hydrogens (tertiary/aromatic N) is 4. The van der Waals surface area contributed by atoms with Crippen LogP contribution in [0.15, 0.2) is 6.20 Å². The highest BCUT2D eigenvalue weighted by atomic mass is 15.4. The molecule has 1 aromatic rings. The zero-order valence-electron chi connectivity index (χ0n) is 9.32. The standard InChI is InChI=1S/C10H19N5/c1-14-10(9-12-13-14)8-11-4-7-15-5-2-3-6-15/h9,11H,2-8H2,1H3. The second kappa shape index (κ2) is 5.23. The number of likely N-dealkylation sites (tertiary alicyclic amines) is 1. The van der Waals surface area contributed by atoms with Crippen LogP contribution in [0.4, 0.5) is 0 Å². The summed E-state index contributed by atoms with van der Waals surface area (Å²) in [6.07, 6.45) is 4.54. The van der Waals surface area contributed by atoms with E-state index in [9.17, 15) is 0 Å². The van der Waals surface area contributed by atoms with Crippen LogP contribution in [0.1, 0.15) is 18.5 Å². The Morgan fingerprint density at radius 2 is 2.20 bits per heavy atom. The lowest BCUT2D eigenvalue weighted by molar-refractivity contribution is 0.335. The Kier molecular flexibility index (Phi) is 3.69. The maximum atomic E-state index is 3.89. The fourth-order valence-electron chi connectivity index (χ4n) is 1.93. The van der Waals surface area contributed by atoms with E-state index in [2.05, 4.69) is 20.5 Å². The minimum Gasteiger partial charge on any atom is -0.310 e. The average Bonchev–Trinajstić information content (AvgIpc) is 2.85. The smallest absolute Gasteiger partial charge is 0.0738 e. The molecular formula is C10H19N5. The first-order valence-corrected chi connectivity index (χ1v) is 5.63. The molecule has 1 aromatic heterocycles. The number of nitrogens with one attached hydrogen (secondary N) is 1. The van der Waals surface area contributed by atoms with Crippen molar-refractivity contribution in [3.05, 3.63) is 11.9 Å². The summed E-state index contributed by atoms with van der Waals surface area (Å²) < 4.78 is 1.81. The first-order valence-electron chi connectivity index (χ1n) is 5.63. The van der Waals surface area contributed by atoms with E-state index in [1.807, 2.05) is 17.9 Å². The molecule has 1 N–H and O–H groups in total. The minimum atomic E-state index is 0.858. The second-order valence-electron chi connectivity index (χ2n) is 4.07. The normalized spacial score (nSPS) is 17.4. The largest absolute Gasteiger partial charge is 0.310 e. The van der Waals surface area contributed by atoms with Crippen molar-refractivity contribution < 1.29 is 0 Å². The summed E-state index contributed by atoms with van der Waals surface area (Å²) in [6.45, 7) is 5.61. The summed E-state index contributed by atoms with van der Waals surface area (Å²) in [6, 6.07) is 0. The van der Waals surface area contributed by atoms with Gasteiger partial charge in [0.05, 0.1) is 11.9 Å². The van der Waals surface area contributed by atoms with Crippen LogP contribution in [-0.2, 0) is 13.6 Å². The molecule has 0 atom stereocenters. The number of hydrogen-bond acceptors (Lipinski definition) is 4. The van der Waals surface area contributed by atoms with Crippen molar-refractivity contribution in [3.8, 4) is 0 Å². The summed E-state index contributed by atoms with van der Waals surface area (Å²) in [5.41, 5.74) is 1.14. The van der Waals surface area contributed by atoms with Gasteiger partial charge in [-0.3, -0.25) is 4.68 Å². The summed E-state index contributed by atoms with van der Waals surface area (Å²) in [5.74, 6) is 0. The van der Waals surface area contributed by atoms with Crippen LogP contribution in [0.2, 0.25) is 0 Å². The third-order valence-electron chi connectivity index (χ3n) is 2.92. The van der Waals surface area contributed by atoms with Gasteiger partial charge in [-0.15, -0.1) is 5.10 Å². The number of aryl methyl sites for hydroxylation is 1. The molecule has 2 heterocycles. The Morgan fingerprint density at radius 3 is 2.87 bits per heavy atom. The fraction of sp³-hybridized carbons (Fsp3) is 0.800. The molecule has 0 amide bonds. The molecule has 2 rings (SSSR count). The van der Waals surface area contributed by atoms with Gasteiger partial charge in [0, 0.05) is 26.7 Å². The van der Waals surface area contributed by atoms with Crippen LogP contribution in [-0.4, -0.2) is 46.1 Å². The molecule has 0 bridgehead atoms. The molecule has 0 unspecified atom stereocenters. The molecule has 0 aliphatic carbocycles. The fourth-order valence-corrected chi connectivity index (χ4v) is 1.93. The van der Waals surface area contributed by atoms with Crippen molar-refractivity contribution >= 4 is 0 Å². The maximum Gasteiger partial charge on any atom is 0.0738 e. The predicted octanol–water partition coefficient (Wildman–Crippen LogP) is 0.000500. The van der Waals surface area contributed by atoms with E-state index in [4.69, 9.17) is 0 Å². The Hall–Kier alpha value is -0.940. The number of rotatable bonds is 5. The lowest BCUT2D eigenvalue weighted by Crippen LogP contribution is -2.30. The van der Waals surface area contributed by atoms with Crippen LogP contribution < -0.4 is 5.32 Å². The highest BCUT2D eigenvalue weighted by Gasteiger charge is 2.10. The van der Waals surface area contributed by atoms with E-state index in [0.29, 0.717) is 0 Å². The number of hydrogen-bond donors (Lipinski definition) is 1. The van der Waals surface area contributed by atoms with Crippen LogP contribution in [0.3, 0.4) is 0 Å². The van der Waals surface area contributed by atoms with Gasteiger partial charge >= 0.3 is 0 Å². The van der Waals surface area contributed by atoms with Gasteiger partial charge in [-0.2, -0.15) is 0 Å². The second-order valence-corrected chi connectivity index (χ2v) is 4.07. The lowest BCUT2D eigenvalue weighted by atomic mass is 10.4. The van der Waals surface area contributed by atoms with Crippen LogP contribution in [0.5, 0.6) is 0 Å². The molecule has 1 aliphatic rings. The van der Waals surface area contributed by atoms with E-state index in [-0.39, 0.29) is 0 Å². The molecule has 0 aromatic carbocycles. The average molecular weight is 209 g/mol. The van der Waals surface area contributed by atoms with Crippen molar-refractivity contribution in [1.82, 2.24) is 25.2 Å². The van der Waals surface area contributed by atoms with Gasteiger partial charge in [0.2, 0.25) is 0 Å². The maximum absolute atomic E-state index is 3.89. The first-order chi connectivity index (χ1) is 7.36. The third kappa shape index (κ3) is 3.00. The molecule has 5 nitrogen and oxygen atoms in total. The van der Waals surface area contributed by atoms with Crippen molar-refractivity contribution in [3.63, 3.8) is 0 Å². The van der Waals surface area contributed by atoms with E-state index in [0.717, 1.165) is 25.3 Å². The lowest BCUT2D eigenvalue weighted by Gasteiger charge is -2.14. The van der Waals surface area contributed by atoms with Crippen LogP contribution in [0.25, 0.3) is 0 Å². The van der Waals surface area contributed by atoms with E-state index >= 15 is 0 Å². The Bertz CT molecular complexity index is 290. The Balaban J connectivity index is 1.60. The van der Waals surface area contributed by atoms with Gasteiger partial charge < -0.3 is 10.2 Å². The van der Waals surface area contributed by atoms with Gasteiger partial charge in [0.15, 0.2) is 0 Å². The number of aromatic nitrogens is 3. The summed E-state index contributed by atoms with van der Waals surface area (Å²) in [4.78, 5) is 2.51. The Labute approximate surface area is 90.5 Å². The summed E-state index contributed by atoms with van der Waals surface area (Å²) >= 11 is 0. The van der Waals surface area contributed by atoms with Crippen LogP contribution >= 0.6 is 0 Å². The molecule has 1 saturated heterocycles. The SMILES string of the molecule is Cn1nncc1CNCCN1CCCC1. The third-order valence-corrected chi connectivity index (χ3v) is 2.92. The molecular weight excluding hydrogens is 190 g/mol. The highest BCUT2D eigenvalue weighted by Crippen LogP contribution is 2.05. The van der Waals surface area contributed by atoms with Crippen molar-refractivity contribution in [2.45, 2.75) is 19.4 Å². The summed E-state index contributed by atoms with van der Waals surface area (Å²) in [7, 11) is 1.92. The molecule has 1 fully saturated rings. The van der Waals surface area contributed by atoms with E-state index in [1.54, 1.807) is 0 Å². The van der Waals surface area contributed by atoms with Gasteiger partial charge in [-0.25, -0.2) is 0 Å². The molecule has 0 saturated carbocycles. The molecule has 84 valence electrons. The van der Waals surface area contributed by atoms with E-state index in [1.165, 1.54) is 25.9 Å². The van der Waals surface area contributed by atoms with Crippen molar-refractivity contribution in [2.24, 2.45) is 7.05 Å². The molecule has 5 heteroatoms. The zero-order chi connectivity index (χ0) is 10.5. The van der Waals surface area contributed by atoms with Crippen molar-refractivity contribution in [2.75, 3.05) is 26.2 Å².